The molecule has 0 heterocycles. The summed E-state index contributed by atoms with van der Waals surface area (Å²) < 4.78 is 0. The molecule has 0 spiro atoms. The summed E-state index contributed by atoms with van der Waals surface area (Å²) in [6.45, 7) is 7.66. The highest BCUT2D eigenvalue weighted by atomic mass is 15.1. The molecule has 0 amide bonds. The van der Waals surface area contributed by atoms with Crippen LogP contribution in [0.5, 0.6) is 0 Å². The third-order valence-corrected chi connectivity index (χ3v) is 1.85. The average molecular weight is 180 g/mol. The van der Waals surface area contributed by atoms with Gasteiger partial charge in [-0.25, -0.2) is 0 Å². The molecular formula is C10H18N3+. The lowest BCUT2D eigenvalue weighted by Crippen LogP contribution is -2.09. The van der Waals surface area contributed by atoms with Crippen LogP contribution in [0, 0.1) is 6.07 Å². The predicted octanol–water partition coefficient (Wildman–Crippen LogP) is 1.87. The fourth-order valence-electron chi connectivity index (χ4n) is 0.612. The van der Waals surface area contributed by atoms with Crippen LogP contribution in [0.15, 0.2) is 23.7 Å². The normalized spacial score (nSPS) is 10.8. The molecule has 0 aliphatic rings. The van der Waals surface area contributed by atoms with Crippen LogP contribution in [-0.2, 0) is 0 Å². The van der Waals surface area contributed by atoms with E-state index in [0.717, 1.165) is 11.4 Å². The summed E-state index contributed by atoms with van der Waals surface area (Å²) >= 11 is 0. The highest BCUT2D eigenvalue weighted by Crippen LogP contribution is 2.06. The van der Waals surface area contributed by atoms with Crippen molar-refractivity contribution < 1.29 is 0 Å². The van der Waals surface area contributed by atoms with E-state index < -0.39 is 0 Å². The van der Waals surface area contributed by atoms with E-state index in [4.69, 9.17) is 0 Å². The maximum absolute atomic E-state index is 4.14. The summed E-state index contributed by atoms with van der Waals surface area (Å²) in [4.78, 5) is 6.16. The van der Waals surface area contributed by atoms with Gasteiger partial charge in [0.15, 0.2) is 5.70 Å². The Morgan fingerprint density at radius 3 is 2.31 bits per heavy atom. The zero-order valence-electron chi connectivity index (χ0n) is 9.10. The molecule has 0 aromatic rings. The van der Waals surface area contributed by atoms with E-state index >= 15 is 0 Å². The van der Waals surface area contributed by atoms with Gasteiger partial charge in [0.25, 0.3) is 0 Å². The lowest BCUT2D eigenvalue weighted by atomic mass is 10.3. The molecule has 0 bridgehead atoms. The van der Waals surface area contributed by atoms with Crippen LogP contribution >= 0.6 is 0 Å². The molecule has 3 nitrogen and oxygen atoms in total. The van der Waals surface area contributed by atoms with Gasteiger partial charge < -0.3 is 10.2 Å². The smallest absolute Gasteiger partial charge is 0.337 e. The topological polar surface area (TPSA) is 19.6 Å². The molecule has 0 saturated heterocycles. The Morgan fingerprint density at radius 2 is 1.92 bits per heavy atom. The molecule has 0 rings (SSSR count). The molecule has 0 aromatic heterocycles. The van der Waals surface area contributed by atoms with Crippen molar-refractivity contribution in [2.75, 3.05) is 21.1 Å². The third-order valence-electron chi connectivity index (χ3n) is 1.85. The van der Waals surface area contributed by atoms with Crippen molar-refractivity contribution in [2.24, 2.45) is 0 Å². The summed E-state index contributed by atoms with van der Waals surface area (Å²) in [5, 5.41) is 2.85. The van der Waals surface area contributed by atoms with Crippen LogP contribution in [0.1, 0.15) is 13.8 Å². The molecule has 72 valence electrons. The van der Waals surface area contributed by atoms with E-state index in [1.807, 2.05) is 32.8 Å². The molecule has 13 heavy (non-hydrogen) atoms. The minimum absolute atomic E-state index is 0.686. The van der Waals surface area contributed by atoms with Gasteiger partial charge in [-0.2, -0.15) is 0 Å². The van der Waals surface area contributed by atoms with Gasteiger partial charge in [-0.1, -0.05) is 6.58 Å². The number of hydrogen-bond donors (Lipinski definition) is 1. The van der Waals surface area contributed by atoms with E-state index in [0.29, 0.717) is 5.70 Å². The maximum atomic E-state index is 4.14. The first-order valence-corrected chi connectivity index (χ1v) is 4.17. The van der Waals surface area contributed by atoms with Crippen molar-refractivity contribution in [2.45, 2.75) is 13.8 Å². The first-order chi connectivity index (χ1) is 5.99. The third kappa shape index (κ3) is 4.22. The highest BCUT2D eigenvalue weighted by molar-refractivity contribution is 5.26. The van der Waals surface area contributed by atoms with Crippen molar-refractivity contribution in [1.82, 2.24) is 10.2 Å². The Morgan fingerprint density at radius 1 is 1.38 bits per heavy atom. The van der Waals surface area contributed by atoms with Crippen LogP contribution < -0.4 is 5.32 Å². The molecule has 0 atom stereocenters. The molecule has 0 saturated carbocycles. The van der Waals surface area contributed by atoms with Crippen LogP contribution in [-0.4, -0.2) is 26.0 Å². The summed E-state index contributed by atoms with van der Waals surface area (Å²) in [6, 6.07) is 2.80. The first-order valence-electron chi connectivity index (χ1n) is 4.17. The van der Waals surface area contributed by atoms with E-state index in [1.165, 1.54) is 0 Å². The Balaban J connectivity index is 4.59. The fourth-order valence-corrected chi connectivity index (χ4v) is 0.612. The second kappa shape index (κ2) is 5.26. The molecule has 0 unspecified atom stereocenters. The zero-order chi connectivity index (χ0) is 10.4. The quantitative estimate of drug-likeness (QED) is 0.654. The lowest BCUT2D eigenvalue weighted by molar-refractivity contribution is 0.509. The van der Waals surface area contributed by atoms with Crippen molar-refractivity contribution >= 4 is 0 Å². The van der Waals surface area contributed by atoms with Gasteiger partial charge in [-0.05, 0) is 11.8 Å². The van der Waals surface area contributed by atoms with Gasteiger partial charge in [-0.15, -0.1) is 0 Å². The summed E-state index contributed by atoms with van der Waals surface area (Å²) in [5.74, 6) is 0. The Hall–Kier alpha value is -1.43. The molecule has 3 heteroatoms. The van der Waals surface area contributed by atoms with E-state index in [-0.39, 0.29) is 0 Å². The second-order valence-corrected chi connectivity index (χ2v) is 3.02. The minimum Gasteiger partial charge on any atom is -0.377 e. The van der Waals surface area contributed by atoms with Crippen molar-refractivity contribution in [1.29, 1.82) is 0 Å². The monoisotopic (exact) mass is 180 g/mol. The number of rotatable bonds is 2. The zero-order valence-corrected chi connectivity index (χ0v) is 9.10. The molecule has 0 aliphatic carbocycles. The standard InChI is InChI=1S/C10H18N3/c1-8(11-4)7-12-9(2)10(3)13(5)6/h11H,1H2,2-6H3/q+1/b10-9-. The van der Waals surface area contributed by atoms with Gasteiger partial charge >= 0.3 is 11.8 Å². The average Bonchev–Trinajstić information content (AvgIpc) is 2.11. The predicted molar refractivity (Wildman–Crippen MR) is 57.5 cm³/mol. The van der Waals surface area contributed by atoms with Gasteiger partial charge in [0.05, 0.1) is 5.70 Å². The SMILES string of the molecule is C=C(C#[N+]/C(C)=C(/C)N(C)C)NC. The number of hydrogen-bond acceptors (Lipinski definition) is 2. The van der Waals surface area contributed by atoms with Gasteiger partial charge in [0, 0.05) is 28.1 Å². The van der Waals surface area contributed by atoms with Crippen molar-refractivity contribution in [3.63, 3.8) is 0 Å². The Bertz CT molecular complexity index is 276. The molecule has 0 fully saturated rings. The first kappa shape index (κ1) is 11.6. The largest absolute Gasteiger partial charge is 0.377 e. The molecule has 0 radical (unpaired) electrons. The lowest BCUT2D eigenvalue weighted by Gasteiger charge is -2.08. The molecule has 1 N–H and O–H groups in total. The van der Waals surface area contributed by atoms with Crippen LogP contribution in [0.4, 0.5) is 0 Å². The van der Waals surface area contributed by atoms with E-state index in [9.17, 15) is 0 Å². The fraction of sp³-hybridized carbons (Fsp3) is 0.500. The van der Waals surface area contributed by atoms with E-state index in [1.54, 1.807) is 7.05 Å². The number of nitrogens with one attached hydrogen (secondary N) is 1. The van der Waals surface area contributed by atoms with Gasteiger partial charge in [0.2, 0.25) is 0 Å². The second-order valence-electron chi connectivity index (χ2n) is 3.02. The van der Waals surface area contributed by atoms with Crippen molar-refractivity contribution in [3.8, 4) is 6.07 Å². The van der Waals surface area contributed by atoms with Crippen LogP contribution in [0.3, 0.4) is 0 Å². The van der Waals surface area contributed by atoms with Gasteiger partial charge in [-0.3, -0.25) is 0 Å². The number of allylic oxidation sites excluding steroid dienone is 3. The Kier molecular flexibility index (Phi) is 4.68. The molecule has 0 aromatic carbocycles. The summed E-state index contributed by atoms with van der Waals surface area (Å²) in [6.07, 6.45) is 0. The molecular weight excluding hydrogens is 162 g/mol. The Labute approximate surface area is 80.6 Å². The summed E-state index contributed by atoms with van der Waals surface area (Å²) in [5.41, 5.74) is 2.75. The molecule has 0 aliphatic heterocycles. The van der Waals surface area contributed by atoms with Crippen LogP contribution in [0.2, 0.25) is 0 Å². The maximum Gasteiger partial charge on any atom is 0.337 e. The van der Waals surface area contributed by atoms with Gasteiger partial charge in [0.1, 0.15) is 0 Å². The van der Waals surface area contributed by atoms with Crippen molar-refractivity contribution in [3.05, 3.63) is 28.5 Å². The highest BCUT2D eigenvalue weighted by Gasteiger charge is 2.06. The minimum atomic E-state index is 0.686. The number of nitrogens with zero attached hydrogens (tertiary/aromatic N) is 2. The summed E-state index contributed by atoms with van der Waals surface area (Å²) in [7, 11) is 5.77. The van der Waals surface area contributed by atoms with E-state index in [2.05, 4.69) is 22.8 Å². The van der Waals surface area contributed by atoms with Crippen LogP contribution in [0.25, 0.3) is 4.85 Å².